The molecule has 1 fully saturated rings. The van der Waals surface area contributed by atoms with Gasteiger partial charge in [-0.15, -0.1) is 0 Å². The van der Waals surface area contributed by atoms with Gasteiger partial charge in [0, 0.05) is 35.8 Å². The Morgan fingerprint density at radius 3 is 2.58 bits per heavy atom. The van der Waals surface area contributed by atoms with Crippen molar-refractivity contribution in [1.82, 2.24) is 9.88 Å². The first-order valence-corrected chi connectivity index (χ1v) is 8.85. The molecule has 1 amide bonds. The van der Waals surface area contributed by atoms with Crippen molar-refractivity contribution in [2.75, 3.05) is 20.2 Å². The van der Waals surface area contributed by atoms with Crippen LogP contribution < -0.4 is 4.74 Å². The minimum Gasteiger partial charge on any atom is -0.497 e. The fraction of sp³-hybridized carbons (Fsp3) is 0.286. The smallest absolute Gasteiger partial charge is 0.253 e. The predicted octanol–water partition coefficient (Wildman–Crippen LogP) is 4.34. The van der Waals surface area contributed by atoms with Crippen LogP contribution in [0, 0.1) is 5.82 Å². The van der Waals surface area contributed by atoms with Gasteiger partial charge in [0.1, 0.15) is 11.6 Å². The Bertz CT molecular complexity index is 925. The zero-order valence-corrected chi connectivity index (χ0v) is 14.7. The topological polar surface area (TPSA) is 45.3 Å². The summed E-state index contributed by atoms with van der Waals surface area (Å²) in [7, 11) is 1.67. The van der Waals surface area contributed by atoms with Gasteiger partial charge in [-0.25, -0.2) is 4.39 Å². The normalized spacial score (nSPS) is 15.4. The lowest BCUT2D eigenvalue weighted by atomic mass is 9.89. The molecule has 134 valence electrons. The molecule has 0 atom stereocenters. The summed E-state index contributed by atoms with van der Waals surface area (Å²) in [5.74, 6) is 0.912. The molecule has 2 aromatic carbocycles. The molecule has 4 nitrogen and oxygen atoms in total. The molecule has 0 spiro atoms. The first-order chi connectivity index (χ1) is 12.7. The molecule has 0 unspecified atom stereocenters. The van der Waals surface area contributed by atoms with Crippen molar-refractivity contribution in [2.24, 2.45) is 0 Å². The number of piperidine rings is 1. The van der Waals surface area contributed by atoms with Crippen LogP contribution in [-0.2, 0) is 0 Å². The van der Waals surface area contributed by atoms with Gasteiger partial charge in [0.05, 0.1) is 7.11 Å². The number of carbonyl (C=O) groups excluding carboxylic acids is 1. The van der Waals surface area contributed by atoms with E-state index in [1.54, 1.807) is 19.2 Å². The lowest BCUT2D eigenvalue weighted by Crippen LogP contribution is -2.37. The number of hydrogen-bond donors (Lipinski definition) is 1. The number of carbonyl (C=O) groups is 1. The fourth-order valence-corrected chi connectivity index (χ4v) is 3.75. The quantitative estimate of drug-likeness (QED) is 0.762. The van der Waals surface area contributed by atoms with Crippen LogP contribution >= 0.6 is 0 Å². The number of benzene rings is 2. The van der Waals surface area contributed by atoms with Gasteiger partial charge in [0.15, 0.2) is 0 Å². The number of nitrogens with one attached hydrogen (secondary N) is 1. The third-order valence-corrected chi connectivity index (χ3v) is 5.23. The number of H-pyrrole nitrogens is 1. The van der Waals surface area contributed by atoms with Crippen LogP contribution in [0.4, 0.5) is 4.39 Å². The third-order valence-electron chi connectivity index (χ3n) is 5.23. The molecule has 1 aliphatic rings. The van der Waals surface area contributed by atoms with Crippen molar-refractivity contribution in [3.63, 3.8) is 0 Å². The Morgan fingerprint density at radius 1 is 1.15 bits per heavy atom. The van der Waals surface area contributed by atoms with E-state index in [4.69, 9.17) is 4.74 Å². The fourth-order valence-electron chi connectivity index (χ4n) is 3.75. The second-order valence-electron chi connectivity index (χ2n) is 6.73. The minimum atomic E-state index is -0.324. The number of amides is 1. The van der Waals surface area contributed by atoms with E-state index in [-0.39, 0.29) is 11.7 Å². The molecule has 4 rings (SSSR count). The van der Waals surface area contributed by atoms with Crippen molar-refractivity contribution < 1.29 is 13.9 Å². The Balaban J connectivity index is 1.48. The van der Waals surface area contributed by atoms with E-state index in [1.807, 2.05) is 17.0 Å². The van der Waals surface area contributed by atoms with Crippen LogP contribution in [0.2, 0.25) is 0 Å². The van der Waals surface area contributed by atoms with Gasteiger partial charge in [-0.05, 0) is 66.8 Å². The SMILES string of the molecule is COc1ccc2[nH]cc(C3CCN(C(=O)c4ccc(F)cc4)CC3)c2c1. The summed E-state index contributed by atoms with van der Waals surface area (Å²) in [6.45, 7) is 1.41. The Labute approximate surface area is 151 Å². The van der Waals surface area contributed by atoms with Gasteiger partial charge in [-0.2, -0.15) is 0 Å². The number of halogens is 1. The van der Waals surface area contributed by atoms with Gasteiger partial charge < -0.3 is 14.6 Å². The van der Waals surface area contributed by atoms with Crippen molar-refractivity contribution in [2.45, 2.75) is 18.8 Å². The van der Waals surface area contributed by atoms with Gasteiger partial charge in [-0.3, -0.25) is 4.79 Å². The molecule has 0 saturated carbocycles. The third kappa shape index (κ3) is 3.05. The summed E-state index contributed by atoms with van der Waals surface area (Å²) < 4.78 is 18.4. The van der Waals surface area contributed by atoms with Crippen molar-refractivity contribution in [3.05, 3.63) is 65.6 Å². The lowest BCUT2D eigenvalue weighted by molar-refractivity contribution is 0.0713. The molecule has 1 N–H and O–H groups in total. The van der Waals surface area contributed by atoms with E-state index < -0.39 is 0 Å². The largest absolute Gasteiger partial charge is 0.497 e. The summed E-state index contributed by atoms with van der Waals surface area (Å²) in [5, 5.41) is 1.19. The zero-order chi connectivity index (χ0) is 18.1. The van der Waals surface area contributed by atoms with E-state index in [0.717, 1.165) is 24.1 Å². The number of aromatic nitrogens is 1. The monoisotopic (exact) mass is 352 g/mol. The van der Waals surface area contributed by atoms with E-state index in [2.05, 4.69) is 17.2 Å². The molecule has 1 aromatic heterocycles. The number of rotatable bonds is 3. The second kappa shape index (κ2) is 6.83. The van der Waals surface area contributed by atoms with Crippen molar-refractivity contribution >= 4 is 16.8 Å². The predicted molar refractivity (Wildman–Crippen MR) is 99.1 cm³/mol. The highest BCUT2D eigenvalue weighted by Gasteiger charge is 2.26. The summed E-state index contributed by atoms with van der Waals surface area (Å²) in [4.78, 5) is 17.8. The molecule has 1 aliphatic heterocycles. The molecule has 3 aromatic rings. The molecule has 5 heteroatoms. The first kappa shape index (κ1) is 16.6. The highest BCUT2D eigenvalue weighted by Crippen LogP contribution is 2.35. The number of likely N-dealkylation sites (tertiary alicyclic amines) is 1. The number of nitrogens with zero attached hydrogens (tertiary/aromatic N) is 1. The molecule has 26 heavy (non-hydrogen) atoms. The van der Waals surface area contributed by atoms with E-state index >= 15 is 0 Å². The van der Waals surface area contributed by atoms with Crippen LogP contribution in [0.5, 0.6) is 5.75 Å². The molecule has 0 radical (unpaired) electrons. The van der Waals surface area contributed by atoms with Crippen molar-refractivity contribution in [1.29, 1.82) is 0 Å². The summed E-state index contributed by atoms with van der Waals surface area (Å²) in [6.07, 6.45) is 3.90. The van der Waals surface area contributed by atoms with Crippen LogP contribution in [-0.4, -0.2) is 36.0 Å². The maximum Gasteiger partial charge on any atom is 0.253 e. The van der Waals surface area contributed by atoms with Crippen LogP contribution in [0.3, 0.4) is 0 Å². The Hall–Kier alpha value is -2.82. The first-order valence-electron chi connectivity index (χ1n) is 8.85. The van der Waals surface area contributed by atoms with Crippen LogP contribution in [0.1, 0.15) is 34.7 Å². The molecular formula is C21H21FN2O2. The van der Waals surface area contributed by atoms with Crippen LogP contribution in [0.15, 0.2) is 48.7 Å². The van der Waals surface area contributed by atoms with Gasteiger partial charge >= 0.3 is 0 Å². The molecular weight excluding hydrogens is 331 g/mol. The number of ether oxygens (including phenoxy) is 1. The summed E-state index contributed by atoms with van der Waals surface area (Å²) in [6, 6.07) is 11.8. The molecule has 0 aliphatic carbocycles. The molecule has 1 saturated heterocycles. The van der Waals surface area contributed by atoms with Crippen molar-refractivity contribution in [3.8, 4) is 5.75 Å². The van der Waals surface area contributed by atoms with Gasteiger partial charge in [0.2, 0.25) is 0 Å². The van der Waals surface area contributed by atoms with Gasteiger partial charge in [-0.1, -0.05) is 0 Å². The number of hydrogen-bond acceptors (Lipinski definition) is 2. The second-order valence-corrected chi connectivity index (χ2v) is 6.73. The van der Waals surface area contributed by atoms with E-state index in [0.29, 0.717) is 24.6 Å². The summed E-state index contributed by atoms with van der Waals surface area (Å²) in [5.41, 5.74) is 2.93. The maximum atomic E-state index is 13.0. The number of fused-ring (bicyclic) bond motifs is 1. The number of methoxy groups -OCH3 is 1. The molecule has 2 heterocycles. The minimum absolute atomic E-state index is 0.0240. The Morgan fingerprint density at radius 2 is 1.88 bits per heavy atom. The Kier molecular flexibility index (Phi) is 4.37. The lowest BCUT2D eigenvalue weighted by Gasteiger charge is -2.32. The van der Waals surface area contributed by atoms with Gasteiger partial charge in [0.25, 0.3) is 5.91 Å². The average molecular weight is 352 g/mol. The number of aromatic amines is 1. The maximum absolute atomic E-state index is 13.0. The standard InChI is InChI=1S/C21H21FN2O2/c1-26-17-6-7-20-18(12-17)19(13-23-20)14-8-10-24(11-9-14)21(25)15-2-4-16(22)5-3-15/h2-7,12-14,23H,8-11H2,1H3. The van der Waals surface area contributed by atoms with E-state index in [1.165, 1.54) is 23.1 Å². The zero-order valence-electron chi connectivity index (χ0n) is 14.7. The summed E-state index contributed by atoms with van der Waals surface area (Å²) >= 11 is 0. The average Bonchev–Trinajstić information content (AvgIpc) is 3.11. The highest BCUT2D eigenvalue weighted by atomic mass is 19.1. The van der Waals surface area contributed by atoms with Crippen LogP contribution in [0.25, 0.3) is 10.9 Å². The van der Waals surface area contributed by atoms with E-state index in [9.17, 15) is 9.18 Å². The highest BCUT2D eigenvalue weighted by molar-refractivity contribution is 5.94. The molecule has 0 bridgehead atoms.